The zero-order valence-electron chi connectivity index (χ0n) is 23.0. The molecule has 9 heteroatoms. The Balaban J connectivity index is 2.07. The van der Waals surface area contributed by atoms with Crippen molar-refractivity contribution in [1.82, 2.24) is 10.2 Å². The van der Waals surface area contributed by atoms with E-state index in [1.807, 2.05) is 57.2 Å². The Labute approximate surface area is 230 Å². The molecule has 0 aromatic heterocycles. The number of carbonyl (C=O) groups is 2. The van der Waals surface area contributed by atoms with Crippen molar-refractivity contribution in [3.8, 4) is 0 Å². The van der Waals surface area contributed by atoms with E-state index in [4.69, 9.17) is 0 Å². The van der Waals surface area contributed by atoms with Crippen LogP contribution in [0.1, 0.15) is 36.1 Å². The van der Waals surface area contributed by atoms with Gasteiger partial charge in [0.05, 0.1) is 11.9 Å². The number of nitrogens with one attached hydrogen (secondary N) is 1. The molecule has 0 saturated heterocycles. The third kappa shape index (κ3) is 8.38. The molecule has 39 heavy (non-hydrogen) atoms. The lowest BCUT2D eigenvalue weighted by Gasteiger charge is -2.34. The molecule has 2 amide bonds. The average molecular weight is 554 g/mol. The van der Waals surface area contributed by atoms with Crippen LogP contribution in [0.3, 0.4) is 0 Å². The summed E-state index contributed by atoms with van der Waals surface area (Å²) in [5, 5.41) is 2.90. The van der Waals surface area contributed by atoms with Crippen LogP contribution in [0.2, 0.25) is 0 Å². The number of carbonyl (C=O) groups excluding carboxylic acids is 2. The van der Waals surface area contributed by atoms with Gasteiger partial charge in [-0.1, -0.05) is 54.6 Å². The van der Waals surface area contributed by atoms with Crippen molar-refractivity contribution in [2.75, 3.05) is 17.1 Å². The minimum atomic E-state index is -3.85. The van der Waals surface area contributed by atoms with Crippen molar-refractivity contribution in [1.29, 1.82) is 0 Å². The standard InChI is InChI=1S/C30H36FN3O4S/c1-21(2)32-30(36)28(18-24-9-7-6-8-10-24)33(19-25-13-15-26(31)16-14-25)29(35)20-34(39(5,37)38)27-17-22(3)11-12-23(27)4/h6-17,21,28H,18-20H2,1-5H3,(H,32,36)/t28-/m0/s1. The van der Waals surface area contributed by atoms with Gasteiger partial charge in [0.15, 0.2) is 0 Å². The van der Waals surface area contributed by atoms with Gasteiger partial charge in [0, 0.05) is 19.0 Å². The molecule has 0 aliphatic heterocycles. The zero-order valence-corrected chi connectivity index (χ0v) is 23.8. The molecule has 0 aliphatic carbocycles. The van der Waals surface area contributed by atoms with Crippen LogP contribution in [0, 0.1) is 19.7 Å². The first-order chi connectivity index (χ1) is 18.3. The Kier molecular flexibility index (Phi) is 9.86. The average Bonchev–Trinajstić information content (AvgIpc) is 2.86. The van der Waals surface area contributed by atoms with Gasteiger partial charge >= 0.3 is 0 Å². The molecule has 0 heterocycles. The summed E-state index contributed by atoms with van der Waals surface area (Å²) in [5.74, 6) is -1.33. The summed E-state index contributed by atoms with van der Waals surface area (Å²) in [6.45, 7) is 6.78. The van der Waals surface area contributed by atoms with Gasteiger partial charge in [-0.2, -0.15) is 0 Å². The number of hydrogen-bond acceptors (Lipinski definition) is 4. The molecule has 1 atom stereocenters. The molecule has 208 valence electrons. The van der Waals surface area contributed by atoms with Crippen LogP contribution in [0.4, 0.5) is 10.1 Å². The topological polar surface area (TPSA) is 86.8 Å². The van der Waals surface area contributed by atoms with Gasteiger partial charge in [-0.25, -0.2) is 12.8 Å². The summed E-state index contributed by atoms with van der Waals surface area (Å²) in [6.07, 6.45) is 1.27. The lowest BCUT2D eigenvalue weighted by Crippen LogP contribution is -2.54. The predicted molar refractivity (Wildman–Crippen MR) is 152 cm³/mol. The maximum Gasteiger partial charge on any atom is 0.244 e. The molecule has 0 radical (unpaired) electrons. The van der Waals surface area contributed by atoms with E-state index in [0.29, 0.717) is 16.8 Å². The molecule has 0 unspecified atom stereocenters. The molecular weight excluding hydrogens is 517 g/mol. The zero-order chi connectivity index (χ0) is 28.7. The van der Waals surface area contributed by atoms with Gasteiger partial charge < -0.3 is 10.2 Å². The fourth-order valence-electron chi connectivity index (χ4n) is 4.30. The molecule has 0 saturated carbocycles. The van der Waals surface area contributed by atoms with Crippen LogP contribution in [0.25, 0.3) is 0 Å². The third-order valence-corrected chi connectivity index (χ3v) is 7.41. The number of hydrogen-bond donors (Lipinski definition) is 1. The van der Waals surface area contributed by atoms with Crippen LogP contribution in [-0.2, 0) is 32.6 Å². The summed E-state index contributed by atoms with van der Waals surface area (Å²) in [4.78, 5) is 28.9. The largest absolute Gasteiger partial charge is 0.352 e. The molecule has 0 fully saturated rings. The first-order valence-electron chi connectivity index (χ1n) is 12.8. The maximum atomic E-state index is 14.0. The lowest BCUT2D eigenvalue weighted by atomic mass is 10.0. The van der Waals surface area contributed by atoms with Crippen molar-refractivity contribution >= 4 is 27.5 Å². The Morgan fingerprint density at radius 2 is 1.56 bits per heavy atom. The molecule has 0 bridgehead atoms. The first kappa shape index (κ1) is 29.8. The van der Waals surface area contributed by atoms with E-state index in [2.05, 4.69) is 5.32 Å². The van der Waals surface area contributed by atoms with E-state index in [1.54, 1.807) is 31.2 Å². The summed E-state index contributed by atoms with van der Waals surface area (Å²) in [6, 6.07) is 19.3. The highest BCUT2D eigenvalue weighted by atomic mass is 32.2. The Hall–Kier alpha value is -3.72. The van der Waals surface area contributed by atoms with Gasteiger partial charge in [-0.05, 0) is 68.1 Å². The molecule has 3 rings (SSSR count). The minimum absolute atomic E-state index is 0.00741. The number of halogens is 1. The normalized spacial score (nSPS) is 12.2. The highest BCUT2D eigenvalue weighted by Gasteiger charge is 2.33. The van der Waals surface area contributed by atoms with Crippen molar-refractivity contribution in [2.24, 2.45) is 0 Å². The van der Waals surface area contributed by atoms with Crippen LogP contribution >= 0.6 is 0 Å². The van der Waals surface area contributed by atoms with Crippen LogP contribution in [0.5, 0.6) is 0 Å². The molecule has 3 aromatic carbocycles. The number of benzene rings is 3. The third-order valence-electron chi connectivity index (χ3n) is 6.28. The van der Waals surface area contributed by atoms with Crippen molar-refractivity contribution in [2.45, 2.75) is 52.7 Å². The number of amides is 2. The molecule has 1 N–H and O–H groups in total. The lowest BCUT2D eigenvalue weighted by molar-refractivity contribution is -0.140. The van der Waals surface area contributed by atoms with Crippen molar-refractivity contribution in [3.05, 3.63) is 101 Å². The Morgan fingerprint density at radius 1 is 0.923 bits per heavy atom. The van der Waals surface area contributed by atoms with Gasteiger partial charge in [0.25, 0.3) is 0 Å². The second kappa shape index (κ2) is 12.9. The number of sulfonamides is 1. The number of rotatable bonds is 11. The second-order valence-electron chi connectivity index (χ2n) is 10.1. The SMILES string of the molecule is Cc1ccc(C)c(N(CC(=O)N(Cc2ccc(F)cc2)[C@@H](Cc2ccccc2)C(=O)NC(C)C)S(C)(=O)=O)c1. The minimum Gasteiger partial charge on any atom is -0.352 e. The quantitative estimate of drug-likeness (QED) is 0.382. The fraction of sp³-hybridized carbons (Fsp3) is 0.333. The van der Waals surface area contributed by atoms with Gasteiger partial charge in [0.2, 0.25) is 21.8 Å². The van der Waals surface area contributed by atoms with Crippen molar-refractivity contribution < 1.29 is 22.4 Å². The summed E-state index contributed by atoms with van der Waals surface area (Å²) in [5.41, 5.74) is 3.39. The van der Waals surface area contributed by atoms with E-state index in [-0.39, 0.29) is 24.9 Å². The molecular formula is C30H36FN3O4S. The van der Waals surface area contributed by atoms with Crippen LogP contribution in [0.15, 0.2) is 72.8 Å². The number of aryl methyl sites for hydroxylation is 2. The van der Waals surface area contributed by atoms with E-state index >= 15 is 0 Å². The highest BCUT2D eigenvalue weighted by Crippen LogP contribution is 2.25. The Morgan fingerprint density at radius 3 is 2.15 bits per heavy atom. The monoisotopic (exact) mass is 553 g/mol. The second-order valence-corrected chi connectivity index (χ2v) is 12.0. The predicted octanol–water partition coefficient (Wildman–Crippen LogP) is 4.37. The molecule has 0 spiro atoms. The van der Waals surface area contributed by atoms with Gasteiger partial charge in [-0.15, -0.1) is 0 Å². The van der Waals surface area contributed by atoms with Crippen molar-refractivity contribution in [3.63, 3.8) is 0 Å². The molecule has 3 aromatic rings. The summed E-state index contributed by atoms with van der Waals surface area (Å²) in [7, 11) is -3.85. The van der Waals surface area contributed by atoms with E-state index < -0.39 is 34.3 Å². The summed E-state index contributed by atoms with van der Waals surface area (Å²) >= 11 is 0. The van der Waals surface area contributed by atoms with Gasteiger partial charge in [-0.3, -0.25) is 13.9 Å². The fourth-order valence-corrected chi connectivity index (χ4v) is 5.20. The Bertz CT molecular complexity index is 1390. The summed E-state index contributed by atoms with van der Waals surface area (Å²) < 4.78 is 40.6. The van der Waals surface area contributed by atoms with E-state index in [0.717, 1.165) is 21.7 Å². The van der Waals surface area contributed by atoms with E-state index in [1.165, 1.54) is 17.0 Å². The first-order valence-corrected chi connectivity index (χ1v) is 14.6. The van der Waals surface area contributed by atoms with E-state index in [9.17, 15) is 22.4 Å². The molecule has 0 aliphatic rings. The van der Waals surface area contributed by atoms with Crippen LogP contribution < -0.4 is 9.62 Å². The number of anilines is 1. The smallest absolute Gasteiger partial charge is 0.244 e. The van der Waals surface area contributed by atoms with Gasteiger partial charge in [0.1, 0.15) is 18.4 Å². The maximum absolute atomic E-state index is 14.0. The number of nitrogens with zero attached hydrogens (tertiary/aromatic N) is 2. The van der Waals surface area contributed by atoms with Crippen LogP contribution in [-0.4, -0.2) is 50.0 Å². The highest BCUT2D eigenvalue weighted by molar-refractivity contribution is 7.92. The molecule has 7 nitrogen and oxygen atoms in total.